The molecule has 3 aromatic rings. The maximum absolute atomic E-state index is 4.28. The molecule has 0 spiro atoms. The summed E-state index contributed by atoms with van der Waals surface area (Å²) < 4.78 is 3.03. The predicted octanol–water partition coefficient (Wildman–Crippen LogP) is 3.20. The van der Waals surface area contributed by atoms with E-state index in [2.05, 4.69) is 34.5 Å². The summed E-state index contributed by atoms with van der Waals surface area (Å²) in [5.41, 5.74) is 5.23. The molecule has 0 amide bonds. The molecule has 1 N–H and O–H groups in total. The highest BCUT2D eigenvalue weighted by Gasteiger charge is 2.07. The Bertz CT molecular complexity index is 670. The smallest absolute Gasteiger partial charge is 0.0813 e. The van der Waals surface area contributed by atoms with Gasteiger partial charge in [0.15, 0.2) is 0 Å². The van der Waals surface area contributed by atoms with Crippen LogP contribution in [-0.4, -0.2) is 14.8 Å². The van der Waals surface area contributed by atoms with Crippen LogP contribution in [0.5, 0.6) is 0 Å². The van der Waals surface area contributed by atoms with Gasteiger partial charge >= 0.3 is 0 Å². The van der Waals surface area contributed by atoms with Gasteiger partial charge in [-0.25, -0.2) is 4.98 Å². The lowest BCUT2D eigenvalue weighted by Gasteiger charge is -2.13. The van der Waals surface area contributed by atoms with Gasteiger partial charge in [0, 0.05) is 24.5 Å². The number of hydrogen-bond donors (Lipinski definition) is 1. The lowest BCUT2D eigenvalue weighted by molar-refractivity contribution is 0.765. The third-order valence-corrected chi connectivity index (χ3v) is 3.73. The van der Waals surface area contributed by atoms with Crippen LogP contribution in [0.3, 0.4) is 0 Å². The minimum absolute atomic E-state index is 0.240. The van der Waals surface area contributed by atoms with Gasteiger partial charge in [-0.15, -0.1) is 11.3 Å². The first-order chi connectivity index (χ1) is 8.72. The van der Waals surface area contributed by atoms with Gasteiger partial charge in [-0.05, 0) is 25.1 Å². The fourth-order valence-corrected chi connectivity index (χ4v) is 2.66. The van der Waals surface area contributed by atoms with Crippen molar-refractivity contribution in [1.82, 2.24) is 14.8 Å². The molecule has 0 saturated carbocycles. The second-order valence-electron chi connectivity index (χ2n) is 4.35. The maximum Gasteiger partial charge on any atom is 0.0813 e. The minimum atomic E-state index is 0.240. The molecule has 1 unspecified atom stereocenters. The zero-order valence-corrected chi connectivity index (χ0v) is 11.1. The fourth-order valence-electron chi connectivity index (χ4n) is 1.94. The Morgan fingerprint density at radius 3 is 3.06 bits per heavy atom. The van der Waals surface area contributed by atoms with Crippen LogP contribution in [0.2, 0.25) is 0 Å². The van der Waals surface area contributed by atoms with E-state index in [0.717, 1.165) is 11.2 Å². The molecule has 18 heavy (non-hydrogen) atoms. The third-order valence-electron chi connectivity index (χ3n) is 2.94. The van der Waals surface area contributed by atoms with Crippen molar-refractivity contribution in [3.63, 3.8) is 0 Å². The number of thiazole rings is 1. The van der Waals surface area contributed by atoms with Crippen molar-refractivity contribution in [2.24, 2.45) is 7.05 Å². The monoisotopic (exact) mass is 258 g/mol. The molecule has 92 valence electrons. The van der Waals surface area contributed by atoms with Crippen molar-refractivity contribution in [3.8, 4) is 0 Å². The van der Waals surface area contributed by atoms with Gasteiger partial charge in [0.1, 0.15) is 0 Å². The number of rotatable bonds is 3. The largest absolute Gasteiger partial charge is 0.378 e. The molecule has 1 aromatic carbocycles. The van der Waals surface area contributed by atoms with Crippen LogP contribution in [0, 0.1) is 0 Å². The summed E-state index contributed by atoms with van der Waals surface area (Å²) in [7, 11) is 1.93. The second kappa shape index (κ2) is 4.42. The fraction of sp³-hybridized carbons (Fsp3) is 0.231. The lowest BCUT2D eigenvalue weighted by Crippen LogP contribution is -2.05. The molecule has 0 aliphatic heterocycles. The van der Waals surface area contributed by atoms with Crippen LogP contribution in [0.4, 0.5) is 5.69 Å². The average molecular weight is 258 g/mol. The number of aryl methyl sites for hydroxylation is 1. The van der Waals surface area contributed by atoms with Crippen molar-refractivity contribution in [2.75, 3.05) is 5.32 Å². The summed E-state index contributed by atoms with van der Waals surface area (Å²) in [5.74, 6) is 0. The molecule has 0 aliphatic carbocycles. The predicted molar refractivity (Wildman–Crippen MR) is 74.9 cm³/mol. The number of anilines is 1. The van der Waals surface area contributed by atoms with Crippen LogP contribution < -0.4 is 5.32 Å². The van der Waals surface area contributed by atoms with E-state index in [4.69, 9.17) is 0 Å². The van der Waals surface area contributed by atoms with E-state index in [1.165, 1.54) is 10.3 Å². The average Bonchev–Trinajstić information content (AvgIpc) is 2.96. The van der Waals surface area contributed by atoms with Crippen LogP contribution in [-0.2, 0) is 7.05 Å². The van der Waals surface area contributed by atoms with Crippen molar-refractivity contribution in [3.05, 3.63) is 41.7 Å². The SMILES string of the molecule is CC(Nc1ccc2ncsc2c1)c1cnn(C)c1. The van der Waals surface area contributed by atoms with Gasteiger partial charge in [0.2, 0.25) is 0 Å². The van der Waals surface area contributed by atoms with Crippen LogP contribution >= 0.6 is 11.3 Å². The zero-order chi connectivity index (χ0) is 12.5. The van der Waals surface area contributed by atoms with E-state index < -0.39 is 0 Å². The topological polar surface area (TPSA) is 42.7 Å². The van der Waals surface area contributed by atoms with E-state index in [1.807, 2.05) is 35.7 Å². The summed E-state index contributed by atoms with van der Waals surface area (Å²) >= 11 is 1.66. The highest BCUT2D eigenvalue weighted by atomic mass is 32.1. The molecule has 4 nitrogen and oxygen atoms in total. The molecule has 2 heterocycles. The number of fused-ring (bicyclic) bond motifs is 1. The minimum Gasteiger partial charge on any atom is -0.378 e. The Kier molecular flexibility index (Phi) is 2.76. The Balaban J connectivity index is 1.83. The molecule has 2 aromatic heterocycles. The molecule has 0 aliphatic rings. The normalized spacial score (nSPS) is 12.8. The molecule has 0 radical (unpaired) electrons. The molecular weight excluding hydrogens is 244 g/mol. The number of aromatic nitrogens is 3. The summed E-state index contributed by atoms with van der Waals surface area (Å²) in [6.45, 7) is 2.13. The lowest BCUT2D eigenvalue weighted by atomic mass is 10.2. The third kappa shape index (κ3) is 2.09. The second-order valence-corrected chi connectivity index (χ2v) is 5.23. The van der Waals surface area contributed by atoms with Gasteiger partial charge in [-0.2, -0.15) is 5.10 Å². The van der Waals surface area contributed by atoms with Crippen molar-refractivity contribution in [2.45, 2.75) is 13.0 Å². The van der Waals surface area contributed by atoms with E-state index in [1.54, 1.807) is 11.3 Å². The molecule has 3 rings (SSSR count). The number of nitrogens with zero attached hydrogens (tertiary/aromatic N) is 3. The highest BCUT2D eigenvalue weighted by Crippen LogP contribution is 2.24. The molecule has 1 atom stereocenters. The van der Waals surface area contributed by atoms with Crippen LogP contribution in [0.15, 0.2) is 36.1 Å². The molecule has 0 bridgehead atoms. The molecule has 0 fully saturated rings. The van der Waals surface area contributed by atoms with Crippen molar-refractivity contribution < 1.29 is 0 Å². The highest BCUT2D eigenvalue weighted by molar-refractivity contribution is 7.16. The van der Waals surface area contributed by atoms with Gasteiger partial charge in [0.05, 0.1) is 28.0 Å². The molecule has 0 saturated heterocycles. The van der Waals surface area contributed by atoms with Gasteiger partial charge in [-0.3, -0.25) is 4.68 Å². The van der Waals surface area contributed by atoms with E-state index in [0.29, 0.717) is 0 Å². The standard InChI is InChI=1S/C13H14N4S/c1-9(10-6-15-17(2)7-10)16-11-3-4-12-13(5-11)18-8-14-12/h3-9,16H,1-2H3. The summed E-state index contributed by atoms with van der Waals surface area (Å²) in [4.78, 5) is 4.28. The number of hydrogen-bond acceptors (Lipinski definition) is 4. The van der Waals surface area contributed by atoms with Crippen LogP contribution in [0.25, 0.3) is 10.2 Å². The number of nitrogens with one attached hydrogen (secondary N) is 1. The molecular formula is C13H14N4S. The van der Waals surface area contributed by atoms with Crippen molar-refractivity contribution in [1.29, 1.82) is 0 Å². The van der Waals surface area contributed by atoms with E-state index in [9.17, 15) is 0 Å². The Hall–Kier alpha value is -1.88. The van der Waals surface area contributed by atoms with Gasteiger partial charge < -0.3 is 5.32 Å². The van der Waals surface area contributed by atoms with Gasteiger partial charge in [-0.1, -0.05) is 0 Å². The number of benzene rings is 1. The first kappa shape index (κ1) is 11.2. The van der Waals surface area contributed by atoms with Crippen molar-refractivity contribution >= 4 is 27.2 Å². The quantitative estimate of drug-likeness (QED) is 0.784. The molecule has 5 heteroatoms. The van der Waals surface area contributed by atoms with E-state index in [-0.39, 0.29) is 6.04 Å². The van der Waals surface area contributed by atoms with E-state index >= 15 is 0 Å². The van der Waals surface area contributed by atoms with Gasteiger partial charge in [0.25, 0.3) is 0 Å². The zero-order valence-electron chi connectivity index (χ0n) is 10.3. The Morgan fingerprint density at radius 2 is 2.28 bits per heavy atom. The summed E-state index contributed by atoms with van der Waals surface area (Å²) in [5, 5.41) is 7.67. The Labute approximate surface area is 109 Å². The summed E-state index contributed by atoms with van der Waals surface area (Å²) in [6.07, 6.45) is 3.92. The summed E-state index contributed by atoms with van der Waals surface area (Å²) in [6, 6.07) is 6.49. The first-order valence-electron chi connectivity index (χ1n) is 5.81. The maximum atomic E-state index is 4.28. The first-order valence-corrected chi connectivity index (χ1v) is 6.68. The van der Waals surface area contributed by atoms with Crippen LogP contribution in [0.1, 0.15) is 18.5 Å². The Morgan fingerprint density at radius 1 is 1.39 bits per heavy atom.